The molecule has 7 heteroatoms. The molecule has 0 radical (unpaired) electrons. The molecule has 0 aliphatic heterocycles. The first-order valence-corrected chi connectivity index (χ1v) is 7.40. The van der Waals surface area contributed by atoms with E-state index in [-0.39, 0.29) is 4.66 Å². The molecule has 3 nitrogen and oxygen atoms in total. The van der Waals surface area contributed by atoms with Crippen LogP contribution in [0.15, 0.2) is 22.7 Å². The number of nitrogens with one attached hydrogen (secondary N) is 1. The number of sulfonamides is 1. The van der Waals surface area contributed by atoms with Gasteiger partial charge in [-0.15, -0.1) is 0 Å². The number of alkyl halides is 1. The zero-order chi connectivity index (χ0) is 10.8. The summed E-state index contributed by atoms with van der Waals surface area (Å²) in [5.74, 6) is 0. The fourth-order valence-corrected chi connectivity index (χ4v) is 2.15. The van der Waals surface area contributed by atoms with Crippen LogP contribution >= 0.6 is 43.5 Å². The summed E-state index contributed by atoms with van der Waals surface area (Å²) in [6.07, 6.45) is 0. The molecule has 0 fully saturated rings. The average molecular weight is 363 g/mol. The molecule has 1 aromatic carbocycles. The molecule has 1 rings (SSSR count). The summed E-state index contributed by atoms with van der Waals surface area (Å²) >= 11 is 11.8. The summed E-state index contributed by atoms with van der Waals surface area (Å²) in [5.41, 5.74) is 0.473. The zero-order valence-electron chi connectivity index (χ0n) is 6.80. The third-order valence-corrected chi connectivity index (χ3v) is 5.19. The molecule has 0 amide bonds. The lowest BCUT2D eigenvalue weighted by molar-refractivity contribution is 0.606. The first-order valence-electron chi connectivity index (χ1n) is 3.46. The standard InChI is InChI=1S/C7H6Br2ClNO2S/c8-4-14(12,13)11-5-1-2-7(10)6(9)3-5/h1-3,11H,4H2. The maximum Gasteiger partial charge on any atom is 0.242 e. The molecule has 0 spiro atoms. The normalized spacial score (nSPS) is 11.4. The van der Waals surface area contributed by atoms with Crippen molar-refractivity contribution in [3.63, 3.8) is 0 Å². The van der Waals surface area contributed by atoms with Crippen molar-refractivity contribution in [3.8, 4) is 0 Å². The van der Waals surface area contributed by atoms with Crippen molar-refractivity contribution in [3.05, 3.63) is 27.7 Å². The quantitative estimate of drug-likeness (QED) is 0.839. The first kappa shape index (κ1) is 12.3. The van der Waals surface area contributed by atoms with Gasteiger partial charge in [0.25, 0.3) is 0 Å². The number of hydrogen-bond donors (Lipinski definition) is 1. The maximum atomic E-state index is 11.2. The van der Waals surface area contributed by atoms with Gasteiger partial charge in [-0.1, -0.05) is 27.5 Å². The van der Waals surface area contributed by atoms with Crippen LogP contribution in [-0.2, 0) is 10.0 Å². The Kier molecular flexibility index (Phi) is 4.24. The van der Waals surface area contributed by atoms with Gasteiger partial charge < -0.3 is 0 Å². The van der Waals surface area contributed by atoms with E-state index in [1.807, 2.05) is 0 Å². The Morgan fingerprint density at radius 1 is 1.43 bits per heavy atom. The van der Waals surface area contributed by atoms with Crippen molar-refractivity contribution >= 4 is 59.2 Å². The molecule has 78 valence electrons. The van der Waals surface area contributed by atoms with E-state index in [4.69, 9.17) is 11.6 Å². The van der Waals surface area contributed by atoms with Crippen molar-refractivity contribution < 1.29 is 8.42 Å². The minimum atomic E-state index is -3.30. The second-order valence-electron chi connectivity index (χ2n) is 2.45. The highest BCUT2D eigenvalue weighted by Crippen LogP contribution is 2.26. The molecule has 0 bridgehead atoms. The molecule has 0 atom stereocenters. The van der Waals surface area contributed by atoms with Crippen LogP contribution in [0.1, 0.15) is 0 Å². The van der Waals surface area contributed by atoms with E-state index >= 15 is 0 Å². The topological polar surface area (TPSA) is 46.2 Å². The molecule has 1 N–H and O–H groups in total. The Balaban J connectivity index is 2.94. The van der Waals surface area contributed by atoms with Gasteiger partial charge in [0.05, 0.1) is 5.02 Å². The smallest absolute Gasteiger partial charge is 0.242 e. The number of benzene rings is 1. The van der Waals surface area contributed by atoms with Gasteiger partial charge in [-0.05, 0) is 34.1 Å². The minimum absolute atomic E-state index is 0.139. The first-order chi connectivity index (χ1) is 6.44. The van der Waals surface area contributed by atoms with Gasteiger partial charge in [0, 0.05) is 10.2 Å². The van der Waals surface area contributed by atoms with E-state index in [9.17, 15) is 8.42 Å². The molecule has 0 saturated carbocycles. The van der Waals surface area contributed by atoms with Crippen LogP contribution in [0.25, 0.3) is 0 Å². The van der Waals surface area contributed by atoms with Gasteiger partial charge >= 0.3 is 0 Å². The van der Waals surface area contributed by atoms with Gasteiger partial charge in [-0.25, -0.2) is 8.42 Å². The lowest BCUT2D eigenvalue weighted by Gasteiger charge is -2.05. The van der Waals surface area contributed by atoms with Crippen LogP contribution in [0.2, 0.25) is 5.02 Å². The SMILES string of the molecule is O=S(=O)(CBr)Nc1ccc(Cl)c(Br)c1. The van der Waals surface area contributed by atoms with Crippen molar-refractivity contribution in [2.45, 2.75) is 0 Å². The van der Waals surface area contributed by atoms with Crippen molar-refractivity contribution in [2.75, 3.05) is 9.38 Å². The number of hydrogen-bond acceptors (Lipinski definition) is 2. The molecule has 0 saturated heterocycles. The molecule has 0 unspecified atom stereocenters. The summed E-state index contributed by atoms with van der Waals surface area (Å²) in [7, 11) is -3.30. The molecule has 1 aromatic rings. The second kappa shape index (κ2) is 4.83. The summed E-state index contributed by atoms with van der Waals surface area (Å²) in [5, 5.41) is 0.534. The Labute approximate surface area is 104 Å². The van der Waals surface area contributed by atoms with Crippen LogP contribution in [-0.4, -0.2) is 13.1 Å². The van der Waals surface area contributed by atoms with Crippen LogP contribution in [0.5, 0.6) is 0 Å². The zero-order valence-corrected chi connectivity index (χ0v) is 11.5. The maximum absolute atomic E-state index is 11.2. The highest BCUT2D eigenvalue weighted by molar-refractivity contribution is 9.11. The Morgan fingerprint density at radius 3 is 2.57 bits per heavy atom. The van der Waals surface area contributed by atoms with E-state index in [1.54, 1.807) is 18.2 Å². The van der Waals surface area contributed by atoms with Crippen molar-refractivity contribution in [1.82, 2.24) is 0 Å². The van der Waals surface area contributed by atoms with Gasteiger partial charge in [0.2, 0.25) is 10.0 Å². The lowest BCUT2D eigenvalue weighted by Crippen LogP contribution is -2.12. The van der Waals surface area contributed by atoms with Gasteiger partial charge in [0.15, 0.2) is 0 Å². The van der Waals surface area contributed by atoms with Crippen LogP contribution < -0.4 is 4.72 Å². The van der Waals surface area contributed by atoms with Crippen LogP contribution in [0.4, 0.5) is 5.69 Å². The molecule has 0 aromatic heterocycles. The molecule has 0 aliphatic carbocycles. The van der Waals surface area contributed by atoms with E-state index < -0.39 is 10.0 Å². The molecule has 0 aliphatic rings. The predicted molar refractivity (Wildman–Crippen MR) is 65.5 cm³/mol. The summed E-state index contributed by atoms with van der Waals surface area (Å²) in [6.45, 7) is 0. The second-order valence-corrected chi connectivity index (χ2v) is 6.74. The van der Waals surface area contributed by atoms with Gasteiger partial charge in [-0.3, -0.25) is 4.72 Å². The lowest BCUT2D eigenvalue weighted by atomic mass is 10.3. The number of rotatable bonds is 3. The van der Waals surface area contributed by atoms with Crippen molar-refractivity contribution in [2.24, 2.45) is 0 Å². The fraction of sp³-hybridized carbons (Fsp3) is 0.143. The van der Waals surface area contributed by atoms with E-state index in [0.29, 0.717) is 15.2 Å². The predicted octanol–water partition coefficient (Wildman–Crippen LogP) is 3.20. The minimum Gasteiger partial charge on any atom is -0.283 e. The van der Waals surface area contributed by atoms with Gasteiger partial charge in [-0.2, -0.15) is 0 Å². The van der Waals surface area contributed by atoms with E-state index in [2.05, 4.69) is 36.6 Å². The molecular weight excluding hydrogens is 357 g/mol. The Hall–Kier alpha value is 0.220. The summed E-state index contributed by atoms with van der Waals surface area (Å²) in [6, 6.07) is 4.80. The van der Waals surface area contributed by atoms with Crippen LogP contribution in [0.3, 0.4) is 0 Å². The summed E-state index contributed by atoms with van der Waals surface area (Å²) in [4.78, 5) is 0. The number of halogens is 3. The average Bonchev–Trinajstić information content (AvgIpc) is 2.11. The monoisotopic (exact) mass is 361 g/mol. The fourth-order valence-electron chi connectivity index (χ4n) is 0.766. The van der Waals surface area contributed by atoms with Gasteiger partial charge in [0.1, 0.15) is 4.66 Å². The molecule has 0 heterocycles. The molecular formula is C7H6Br2ClNO2S. The third kappa shape index (κ3) is 3.42. The van der Waals surface area contributed by atoms with Crippen molar-refractivity contribution in [1.29, 1.82) is 0 Å². The third-order valence-electron chi connectivity index (χ3n) is 1.34. The Morgan fingerprint density at radius 2 is 2.07 bits per heavy atom. The summed E-state index contributed by atoms with van der Waals surface area (Å²) < 4.78 is 25.2. The van der Waals surface area contributed by atoms with E-state index in [1.165, 1.54) is 0 Å². The van der Waals surface area contributed by atoms with Crippen LogP contribution in [0, 0.1) is 0 Å². The highest BCUT2D eigenvalue weighted by Gasteiger charge is 2.08. The Bertz CT molecular complexity index is 435. The van der Waals surface area contributed by atoms with E-state index in [0.717, 1.165) is 0 Å². The number of anilines is 1. The highest BCUT2D eigenvalue weighted by atomic mass is 79.9. The molecule has 14 heavy (non-hydrogen) atoms. The largest absolute Gasteiger partial charge is 0.283 e.